The zero-order valence-corrected chi connectivity index (χ0v) is 22.7. The second-order valence-corrected chi connectivity index (χ2v) is 9.50. The summed E-state index contributed by atoms with van der Waals surface area (Å²) in [6.45, 7) is 3.25. The van der Waals surface area contributed by atoms with Gasteiger partial charge in [0.1, 0.15) is 11.8 Å². The second kappa shape index (κ2) is 14.9. The number of halogens is 1. The van der Waals surface area contributed by atoms with Gasteiger partial charge in [-0.25, -0.2) is 0 Å². The maximum Gasteiger partial charge on any atom is 0.308 e. The van der Waals surface area contributed by atoms with Gasteiger partial charge in [0.15, 0.2) is 0 Å². The number of carbonyl (C=O) groups is 3. The van der Waals surface area contributed by atoms with Gasteiger partial charge in [0.05, 0.1) is 30.4 Å². The Balaban J connectivity index is 2.01. The van der Waals surface area contributed by atoms with E-state index < -0.39 is 35.8 Å². The number of aliphatic hydroxyl groups is 1. The summed E-state index contributed by atoms with van der Waals surface area (Å²) in [5.41, 5.74) is 1.60. The largest absolute Gasteiger partial charge is 0.495 e. The number of rotatable bonds is 14. The highest BCUT2D eigenvalue weighted by Crippen LogP contribution is 2.25. The number of carboxylic acid groups (broad SMARTS) is 1. The van der Waals surface area contributed by atoms with E-state index in [1.165, 1.54) is 20.1 Å². The Kier molecular flexibility index (Phi) is 12.0. The van der Waals surface area contributed by atoms with Gasteiger partial charge in [0, 0.05) is 37.7 Å². The minimum absolute atomic E-state index is 0.0869. The van der Waals surface area contributed by atoms with Gasteiger partial charge in [-0.05, 0) is 30.2 Å². The number of nitrogens with one attached hydrogen (secondary N) is 2. The third-order valence-electron chi connectivity index (χ3n) is 5.86. The number of carboxylic acids is 1. The van der Waals surface area contributed by atoms with Crippen LogP contribution >= 0.6 is 11.6 Å². The van der Waals surface area contributed by atoms with Crippen LogP contribution in [0.3, 0.4) is 0 Å². The van der Waals surface area contributed by atoms with E-state index in [-0.39, 0.29) is 25.3 Å². The fourth-order valence-corrected chi connectivity index (χ4v) is 3.69. The van der Waals surface area contributed by atoms with Gasteiger partial charge in [0.25, 0.3) is 0 Å². The third kappa shape index (κ3) is 10.0. The van der Waals surface area contributed by atoms with Crippen molar-refractivity contribution in [2.24, 2.45) is 18.9 Å². The predicted molar refractivity (Wildman–Crippen MR) is 145 cm³/mol. The number of benzene rings is 1. The minimum atomic E-state index is -1.04. The summed E-state index contributed by atoms with van der Waals surface area (Å²) in [5, 5.41) is 29.2. The molecule has 0 radical (unpaired) electrons. The number of aromatic nitrogens is 2. The quantitative estimate of drug-likeness (QED) is 0.267. The predicted octanol–water partition coefficient (Wildman–Crippen LogP) is 2.60. The second-order valence-electron chi connectivity index (χ2n) is 9.09. The van der Waals surface area contributed by atoms with Crippen molar-refractivity contribution in [3.05, 3.63) is 65.0 Å². The van der Waals surface area contributed by atoms with Gasteiger partial charge in [-0.2, -0.15) is 5.10 Å². The molecule has 0 aliphatic carbocycles. The molecule has 0 saturated carbocycles. The average molecular weight is 547 g/mol. The number of aliphatic carboxylic acids is 1. The third-order valence-corrected chi connectivity index (χ3v) is 6.16. The number of nitrogens with zero attached hydrogens (tertiary/aromatic N) is 2. The standard InChI is InChI=1S/C27H35ClN4O6/c1-17(8-9-20-15-30-32(3)16-20)23(33)6-5-7-25(34)31-22(26(35)29-14-18(2)27(36)37)13-19-10-11-24(38-4)21(28)12-19/h5,7-12,15-18,22-23,33H,6,13-14H2,1-4H3,(H,29,35)(H,31,34)(H,36,37)/b7-5+,9-8+/t17-,18-,22-,23+/m1/s1. The average Bonchev–Trinajstić information content (AvgIpc) is 3.30. The molecular weight excluding hydrogens is 512 g/mol. The maximum atomic E-state index is 12.8. The first kappa shape index (κ1) is 30.6. The first-order valence-corrected chi connectivity index (χ1v) is 12.5. The lowest BCUT2D eigenvalue weighted by atomic mass is 10.0. The molecule has 206 valence electrons. The van der Waals surface area contributed by atoms with E-state index in [9.17, 15) is 19.5 Å². The number of aryl methyl sites for hydroxylation is 1. The van der Waals surface area contributed by atoms with Gasteiger partial charge < -0.3 is 25.6 Å². The molecule has 2 rings (SSSR count). The van der Waals surface area contributed by atoms with Crippen molar-refractivity contribution >= 4 is 35.5 Å². The van der Waals surface area contributed by atoms with E-state index in [0.29, 0.717) is 16.3 Å². The fourth-order valence-electron chi connectivity index (χ4n) is 3.41. The van der Waals surface area contributed by atoms with E-state index in [2.05, 4.69) is 15.7 Å². The molecule has 0 bridgehead atoms. The van der Waals surface area contributed by atoms with Crippen molar-refractivity contribution in [1.29, 1.82) is 0 Å². The Morgan fingerprint density at radius 3 is 2.61 bits per heavy atom. The van der Waals surface area contributed by atoms with Crippen LogP contribution in [0.2, 0.25) is 5.02 Å². The fraction of sp³-hybridized carbons (Fsp3) is 0.407. The van der Waals surface area contributed by atoms with Crippen LogP contribution in [-0.2, 0) is 27.9 Å². The highest BCUT2D eigenvalue weighted by molar-refractivity contribution is 6.32. The molecular formula is C27H35ClN4O6. The van der Waals surface area contributed by atoms with Crippen LogP contribution in [0.1, 0.15) is 31.4 Å². The number of methoxy groups -OCH3 is 1. The number of amides is 2. The monoisotopic (exact) mass is 546 g/mol. The normalized spacial score (nSPS) is 14.7. The number of ether oxygens (including phenoxy) is 1. The zero-order chi connectivity index (χ0) is 28.2. The van der Waals surface area contributed by atoms with Gasteiger partial charge in [0.2, 0.25) is 11.8 Å². The lowest BCUT2D eigenvalue weighted by Crippen LogP contribution is -2.48. The number of aliphatic hydroxyl groups excluding tert-OH is 1. The van der Waals surface area contributed by atoms with Crippen LogP contribution in [0, 0.1) is 11.8 Å². The SMILES string of the molecule is COc1ccc(C[C@@H](NC(=O)/C=C/C[C@H](O)[C@H](C)/C=C/c2cnn(C)c2)C(=O)NC[C@@H](C)C(=O)O)cc1Cl. The molecule has 4 N–H and O–H groups in total. The van der Waals surface area contributed by atoms with E-state index in [0.717, 1.165) is 5.56 Å². The molecule has 0 fully saturated rings. The molecule has 2 aromatic rings. The molecule has 1 heterocycles. The van der Waals surface area contributed by atoms with Crippen LogP contribution in [0.5, 0.6) is 5.75 Å². The molecule has 10 nitrogen and oxygen atoms in total. The Hall–Kier alpha value is -3.63. The van der Waals surface area contributed by atoms with Gasteiger partial charge in [-0.1, -0.05) is 49.7 Å². The molecule has 38 heavy (non-hydrogen) atoms. The summed E-state index contributed by atoms with van der Waals surface area (Å²) in [7, 11) is 3.31. The number of carbonyl (C=O) groups excluding carboxylic acids is 2. The van der Waals surface area contributed by atoms with Gasteiger partial charge in [-0.3, -0.25) is 19.1 Å². The highest BCUT2D eigenvalue weighted by atomic mass is 35.5. The molecule has 1 aromatic heterocycles. The number of hydrogen-bond acceptors (Lipinski definition) is 6. The summed E-state index contributed by atoms with van der Waals surface area (Å²) in [6, 6.07) is 4.04. The molecule has 4 atom stereocenters. The van der Waals surface area contributed by atoms with Crippen molar-refractivity contribution in [3.63, 3.8) is 0 Å². The Morgan fingerprint density at radius 1 is 1.26 bits per heavy atom. The van der Waals surface area contributed by atoms with Crippen molar-refractivity contribution in [2.45, 2.75) is 38.8 Å². The molecule has 0 spiro atoms. The van der Waals surface area contributed by atoms with Crippen LogP contribution in [-0.4, -0.2) is 63.6 Å². The molecule has 0 aliphatic rings. The molecule has 0 saturated heterocycles. The maximum absolute atomic E-state index is 12.8. The Morgan fingerprint density at radius 2 is 2.00 bits per heavy atom. The summed E-state index contributed by atoms with van der Waals surface area (Å²) in [5.74, 6) is -2.58. The van der Waals surface area contributed by atoms with Gasteiger partial charge in [-0.15, -0.1) is 0 Å². The lowest BCUT2D eigenvalue weighted by Gasteiger charge is -2.19. The van der Waals surface area contributed by atoms with Crippen molar-refractivity contribution in [1.82, 2.24) is 20.4 Å². The van der Waals surface area contributed by atoms with E-state index >= 15 is 0 Å². The Labute approximate surface area is 227 Å². The van der Waals surface area contributed by atoms with Crippen LogP contribution in [0.25, 0.3) is 6.08 Å². The summed E-state index contributed by atoms with van der Waals surface area (Å²) in [6.07, 6.45) is 9.75. The molecule has 11 heteroatoms. The van der Waals surface area contributed by atoms with Crippen molar-refractivity contribution < 1.29 is 29.3 Å². The first-order chi connectivity index (χ1) is 18.0. The van der Waals surface area contributed by atoms with E-state index in [4.69, 9.17) is 21.4 Å². The minimum Gasteiger partial charge on any atom is -0.495 e. The summed E-state index contributed by atoms with van der Waals surface area (Å²) in [4.78, 5) is 36.5. The van der Waals surface area contributed by atoms with E-state index in [1.807, 2.05) is 32.3 Å². The van der Waals surface area contributed by atoms with Crippen LogP contribution < -0.4 is 15.4 Å². The lowest BCUT2D eigenvalue weighted by molar-refractivity contribution is -0.141. The summed E-state index contributed by atoms with van der Waals surface area (Å²) >= 11 is 6.20. The number of hydrogen-bond donors (Lipinski definition) is 4. The molecule has 0 unspecified atom stereocenters. The molecule has 0 aliphatic heterocycles. The van der Waals surface area contributed by atoms with Crippen molar-refractivity contribution in [2.75, 3.05) is 13.7 Å². The zero-order valence-electron chi connectivity index (χ0n) is 21.9. The van der Waals surface area contributed by atoms with E-state index in [1.54, 1.807) is 35.2 Å². The smallest absolute Gasteiger partial charge is 0.308 e. The topological polar surface area (TPSA) is 143 Å². The first-order valence-electron chi connectivity index (χ1n) is 12.1. The van der Waals surface area contributed by atoms with Crippen molar-refractivity contribution in [3.8, 4) is 5.75 Å². The molecule has 2 amide bonds. The van der Waals surface area contributed by atoms with Crippen LogP contribution in [0.4, 0.5) is 0 Å². The highest BCUT2D eigenvalue weighted by Gasteiger charge is 2.22. The van der Waals surface area contributed by atoms with Crippen LogP contribution in [0.15, 0.2) is 48.8 Å². The van der Waals surface area contributed by atoms with Gasteiger partial charge >= 0.3 is 5.97 Å². The summed E-state index contributed by atoms with van der Waals surface area (Å²) < 4.78 is 6.84. The Bertz CT molecular complexity index is 1160. The molecule has 1 aromatic carbocycles.